The quantitative estimate of drug-likeness (QED) is 0.718. The minimum Gasteiger partial charge on any atom is -0.481 e. The summed E-state index contributed by atoms with van der Waals surface area (Å²) >= 11 is 0. The zero-order chi connectivity index (χ0) is 14.2. The molecule has 2 aliphatic rings. The number of likely N-dealkylation sites (tertiary alicyclic amines) is 2. The Hall–Kier alpha value is -1.79. The van der Waals surface area contributed by atoms with Gasteiger partial charge in [-0.2, -0.15) is 0 Å². The summed E-state index contributed by atoms with van der Waals surface area (Å²) in [7, 11) is 0. The molecule has 0 radical (unpaired) electrons. The largest absolute Gasteiger partial charge is 0.481 e. The third-order valence-electron chi connectivity index (χ3n) is 4.18. The first-order chi connectivity index (χ1) is 8.91. The molecule has 0 aromatic carbocycles. The van der Waals surface area contributed by atoms with E-state index in [1.165, 1.54) is 0 Å². The van der Waals surface area contributed by atoms with Gasteiger partial charge in [-0.15, -0.1) is 0 Å². The molecule has 2 heterocycles. The fraction of sp³-hybridized carbons (Fsp3) is 0.750. The molecule has 2 fully saturated rings. The molecule has 0 saturated carbocycles. The van der Waals surface area contributed by atoms with Crippen molar-refractivity contribution in [3.8, 4) is 0 Å². The van der Waals surface area contributed by atoms with Gasteiger partial charge in [0, 0.05) is 25.7 Å². The van der Waals surface area contributed by atoms with Crippen LogP contribution >= 0.6 is 0 Å². The van der Waals surface area contributed by atoms with Crippen LogP contribution in [0.5, 0.6) is 0 Å². The third-order valence-corrected chi connectivity index (χ3v) is 4.18. The van der Waals surface area contributed by atoms with Crippen LogP contribution in [0.2, 0.25) is 0 Å². The number of primary amides is 1. The van der Waals surface area contributed by atoms with Gasteiger partial charge in [-0.25, -0.2) is 4.79 Å². The zero-order valence-corrected chi connectivity index (χ0v) is 10.9. The maximum absolute atomic E-state index is 12.3. The lowest BCUT2D eigenvalue weighted by Gasteiger charge is -2.28. The van der Waals surface area contributed by atoms with Crippen LogP contribution in [0, 0.1) is 11.8 Å². The van der Waals surface area contributed by atoms with Crippen LogP contribution in [0.25, 0.3) is 0 Å². The number of rotatable bonds is 2. The van der Waals surface area contributed by atoms with E-state index in [1.807, 2.05) is 0 Å². The van der Waals surface area contributed by atoms with Gasteiger partial charge in [-0.05, 0) is 19.8 Å². The van der Waals surface area contributed by atoms with E-state index in [1.54, 1.807) is 16.7 Å². The fourth-order valence-corrected chi connectivity index (χ4v) is 2.89. The minimum absolute atomic E-state index is 0.181. The van der Waals surface area contributed by atoms with Crippen molar-refractivity contribution < 1.29 is 19.5 Å². The van der Waals surface area contributed by atoms with Gasteiger partial charge in [0.2, 0.25) is 5.91 Å². The molecule has 2 saturated heterocycles. The molecular weight excluding hydrogens is 250 g/mol. The maximum Gasteiger partial charge on any atom is 0.320 e. The van der Waals surface area contributed by atoms with E-state index in [0.29, 0.717) is 32.5 Å². The van der Waals surface area contributed by atoms with E-state index < -0.39 is 11.9 Å². The summed E-state index contributed by atoms with van der Waals surface area (Å²) in [5.74, 6) is -2.02. The van der Waals surface area contributed by atoms with Crippen molar-refractivity contribution >= 4 is 17.9 Å². The van der Waals surface area contributed by atoms with Crippen molar-refractivity contribution in [3.05, 3.63) is 0 Å². The summed E-state index contributed by atoms with van der Waals surface area (Å²) in [6.07, 6.45) is 1.07. The summed E-state index contributed by atoms with van der Waals surface area (Å²) in [5, 5.41) is 9.05. The summed E-state index contributed by atoms with van der Waals surface area (Å²) in [5.41, 5.74) is 5.23. The molecule has 106 valence electrons. The molecule has 0 aromatic heterocycles. The number of carbonyl (C=O) groups excluding carboxylic acids is 2. The maximum atomic E-state index is 12.3. The van der Waals surface area contributed by atoms with Crippen LogP contribution in [-0.4, -0.2) is 58.5 Å². The fourth-order valence-electron chi connectivity index (χ4n) is 2.89. The normalized spacial score (nSPS) is 30.7. The Morgan fingerprint density at radius 3 is 2.37 bits per heavy atom. The molecule has 3 N–H and O–H groups in total. The van der Waals surface area contributed by atoms with Crippen LogP contribution in [-0.2, 0) is 9.59 Å². The number of aliphatic carboxylic acids is 1. The van der Waals surface area contributed by atoms with Gasteiger partial charge in [0.15, 0.2) is 0 Å². The number of carbonyl (C=O) groups is 3. The van der Waals surface area contributed by atoms with Crippen molar-refractivity contribution in [2.45, 2.75) is 25.8 Å². The number of carboxylic acid groups (broad SMARTS) is 1. The average Bonchev–Trinajstić information content (AvgIpc) is 2.94. The zero-order valence-electron chi connectivity index (χ0n) is 10.9. The highest BCUT2D eigenvalue weighted by atomic mass is 16.4. The lowest BCUT2D eigenvalue weighted by Crippen LogP contribution is -2.45. The van der Waals surface area contributed by atoms with E-state index in [9.17, 15) is 14.4 Å². The molecule has 19 heavy (non-hydrogen) atoms. The van der Waals surface area contributed by atoms with Gasteiger partial charge in [0.05, 0.1) is 11.8 Å². The highest BCUT2D eigenvalue weighted by Crippen LogP contribution is 2.27. The monoisotopic (exact) mass is 269 g/mol. The summed E-state index contributed by atoms with van der Waals surface area (Å²) in [6.45, 7) is 3.06. The second-order valence-corrected chi connectivity index (χ2v) is 5.28. The number of carboxylic acids is 1. The van der Waals surface area contributed by atoms with Gasteiger partial charge in [-0.1, -0.05) is 0 Å². The van der Waals surface area contributed by atoms with Crippen LogP contribution in [0.4, 0.5) is 4.79 Å². The highest BCUT2D eigenvalue weighted by molar-refractivity contribution is 5.81. The number of hydrogen-bond acceptors (Lipinski definition) is 3. The Balaban J connectivity index is 1.98. The molecule has 3 atom stereocenters. The predicted octanol–water partition coefficient (Wildman–Crippen LogP) is -0.291. The first-order valence-electron chi connectivity index (χ1n) is 6.49. The van der Waals surface area contributed by atoms with Crippen LogP contribution in [0.1, 0.15) is 19.8 Å². The molecule has 0 spiro atoms. The molecule has 2 aliphatic heterocycles. The van der Waals surface area contributed by atoms with Crippen LogP contribution < -0.4 is 5.73 Å². The lowest BCUT2D eigenvalue weighted by molar-refractivity contribution is -0.142. The molecule has 0 bridgehead atoms. The standard InChI is InChI=1S/C12H19N3O4/c1-7-9(11(17)18)3-5-15(7)12(19)14-4-2-8(6-14)10(13)16/h7-9H,2-6H2,1H3,(H2,13,16)(H,17,18). The van der Waals surface area contributed by atoms with E-state index in [-0.39, 0.29) is 23.9 Å². The second-order valence-electron chi connectivity index (χ2n) is 5.28. The molecule has 3 unspecified atom stereocenters. The van der Waals surface area contributed by atoms with Gasteiger partial charge in [0.25, 0.3) is 0 Å². The minimum atomic E-state index is -0.862. The number of nitrogens with two attached hydrogens (primary N) is 1. The summed E-state index contributed by atoms with van der Waals surface area (Å²) in [4.78, 5) is 37.6. The molecule has 7 nitrogen and oxygen atoms in total. The Bertz CT molecular complexity index is 412. The number of amides is 3. The van der Waals surface area contributed by atoms with E-state index in [4.69, 9.17) is 10.8 Å². The Labute approximate surface area is 111 Å². The van der Waals surface area contributed by atoms with Gasteiger partial charge in [-0.3, -0.25) is 9.59 Å². The molecule has 0 aliphatic carbocycles. The van der Waals surface area contributed by atoms with Crippen molar-refractivity contribution in [2.24, 2.45) is 17.6 Å². The van der Waals surface area contributed by atoms with Gasteiger partial charge >= 0.3 is 12.0 Å². The summed E-state index contributed by atoms with van der Waals surface area (Å²) < 4.78 is 0. The molecule has 2 rings (SSSR count). The first kappa shape index (κ1) is 13.6. The molecular formula is C12H19N3O4. The topological polar surface area (TPSA) is 104 Å². The Morgan fingerprint density at radius 1 is 1.21 bits per heavy atom. The van der Waals surface area contributed by atoms with Crippen molar-refractivity contribution in [1.82, 2.24) is 9.80 Å². The number of nitrogens with zero attached hydrogens (tertiary/aromatic N) is 2. The Morgan fingerprint density at radius 2 is 1.89 bits per heavy atom. The highest BCUT2D eigenvalue weighted by Gasteiger charge is 2.41. The second kappa shape index (κ2) is 5.07. The third kappa shape index (κ3) is 2.50. The predicted molar refractivity (Wildman–Crippen MR) is 66.2 cm³/mol. The van der Waals surface area contributed by atoms with E-state index >= 15 is 0 Å². The summed E-state index contributed by atoms with van der Waals surface area (Å²) in [6, 6.07) is -0.488. The van der Waals surface area contributed by atoms with Gasteiger partial charge < -0.3 is 20.6 Å². The van der Waals surface area contributed by atoms with Crippen molar-refractivity contribution in [2.75, 3.05) is 19.6 Å². The molecule has 7 heteroatoms. The number of hydrogen-bond donors (Lipinski definition) is 2. The Kier molecular flexibility index (Phi) is 3.64. The molecule has 3 amide bonds. The van der Waals surface area contributed by atoms with Gasteiger partial charge in [0.1, 0.15) is 0 Å². The SMILES string of the molecule is CC1C(C(=O)O)CCN1C(=O)N1CCC(C(N)=O)C1. The lowest BCUT2D eigenvalue weighted by atomic mass is 10.0. The van der Waals surface area contributed by atoms with Crippen LogP contribution in [0.15, 0.2) is 0 Å². The van der Waals surface area contributed by atoms with E-state index in [0.717, 1.165) is 0 Å². The first-order valence-corrected chi connectivity index (χ1v) is 6.49. The smallest absolute Gasteiger partial charge is 0.320 e. The molecule has 0 aromatic rings. The van der Waals surface area contributed by atoms with Crippen molar-refractivity contribution in [1.29, 1.82) is 0 Å². The number of urea groups is 1. The average molecular weight is 269 g/mol. The van der Waals surface area contributed by atoms with Crippen LogP contribution in [0.3, 0.4) is 0 Å². The van der Waals surface area contributed by atoms with E-state index in [2.05, 4.69) is 0 Å². The van der Waals surface area contributed by atoms with Crippen molar-refractivity contribution in [3.63, 3.8) is 0 Å².